The molecule has 10 aromatic rings. The average molecular weight is 686 g/mol. The van der Waals surface area contributed by atoms with Crippen LogP contribution in [0.3, 0.4) is 0 Å². The molecular weight excluding hydrogens is 631 g/mol. The minimum absolute atomic E-state index is 0.0105. The van der Waals surface area contributed by atoms with Crippen LogP contribution in [0.15, 0.2) is 204 Å². The molecule has 0 fully saturated rings. The van der Waals surface area contributed by atoms with Gasteiger partial charge in [0.25, 0.3) is 0 Å². The van der Waals surface area contributed by atoms with Gasteiger partial charge in [-0.3, -0.25) is 0 Å². The highest BCUT2D eigenvalue weighted by Gasteiger charge is 2.20. The second-order valence-electron chi connectivity index (χ2n) is 11.6. The Balaban J connectivity index is 1.31. The molecule has 0 atom stereocenters. The Morgan fingerprint density at radius 2 is 1.08 bits per heavy atom. The van der Waals surface area contributed by atoms with Gasteiger partial charge in [-0.25, -0.2) is 0 Å². The molecule has 2 heteroatoms. The number of nitrogens with zero attached hydrogens (tertiary/aromatic N) is 1. The van der Waals surface area contributed by atoms with Crippen molar-refractivity contribution in [1.29, 1.82) is 0 Å². The second kappa shape index (κ2) is 12.5. The van der Waals surface area contributed by atoms with Gasteiger partial charge in [0.05, 0.1) is 41.2 Å². The van der Waals surface area contributed by atoms with E-state index < -0.39 is 178 Å². The third-order valence-electron chi connectivity index (χ3n) is 8.64. The first-order chi connectivity index (χ1) is 35.0. The van der Waals surface area contributed by atoms with E-state index in [9.17, 15) is 8.22 Å². The molecule has 2 nitrogen and oxygen atoms in total. The fraction of sp³-hybridized carbons (Fsp3) is 0. The minimum Gasteiger partial charge on any atom is -0.455 e. The molecule has 0 unspecified atom stereocenters. The van der Waals surface area contributed by atoms with Gasteiger partial charge in [0, 0.05) is 22.1 Å². The molecule has 10 rings (SSSR count). The van der Waals surface area contributed by atoms with E-state index in [0.717, 1.165) is 21.2 Å². The molecule has 0 aliphatic rings. The standard InChI is InChI=1S/C50H33NO/c1-2-10-34(11-3-1)35-20-22-36(23-21-35)37-24-29-41(30-25-37)51(42-31-26-40(27-32-42)44-17-8-14-38-12-4-6-15-43(38)44)47-18-9-19-48-49(47)46-33-28-39-13-5-7-16-45(39)50(46)52-48/h1-33H/i1D,2D,3D,5D,7D,9D,10D,11D,13D,16D,18D,19D,20D,21D,22D,23D,24D,25D,28D,29D,30D,33D. The lowest BCUT2D eigenvalue weighted by Gasteiger charge is -2.26. The highest BCUT2D eigenvalue weighted by Crippen LogP contribution is 2.45. The quantitative estimate of drug-likeness (QED) is 0.173. The summed E-state index contributed by atoms with van der Waals surface area (Å²) in [7, 11) is 0. The smallest absolute Gasteiger partial charge is 0.143 e. The second-order valence-corrected chi connectivity index (χ2v) is 11.6. The summed E-state index contributed by atoms with van der Waals surface area (Å²) < 4.78 is 202. The number of rotatable bonds is 6. The van der Waals surface area contributed by atoms with E-state index >= 15 is 0 Å². The first kappa shape index (κ1) is 15.1. The third kappa shape index (κ3) is 5.12. The SMILES string of the molecule is [2H]c1c([2H])c([2H])c(-c2c([2H])c([2H])c(-c3c([2H])c([2H])c(N(c4ccc(-c5cccc6ccccc56)cc4)c4c([2H])c([2H])c([2H])c5oc6c7c([2H])c([2H])c([2H])c([2H])c7c([2H])c([2H])c6c45)c([2H])c3[2H])c([2H])c2[2H])c([2H])c1[2H]. The normalized spacial score (nSPS) is 17.4. The average Bonchev–Trinajstić information content (AvgIpc) is 3.79. The highest BCUT2D eigenvalue weighted by molar-refractivity contribution is 6.19. The first-order valence-corrected chi connectivity index (χ1v) is 16.0. The first-order valence-electron chi connectivity index (χ1n) is 27.0. The van der Waals surface area contributed by atoms with Crippen molar-refractivity contribution in [3.05, 3.63) is 200 Å². The highest BCUT2D eigenvalue weighted by atomic mass is 16.3. The van der Waals surface area contributed by atoms with Crippen LogP contribution in [0.4, 0.5) is 17.1 Å². The van der Waals surface area contributed by atoms with Crippen molar-refractivity contribution in [2.24, 2.45) is 0 Å². The molecule has 0 aliphatic carbocycles. The van der Waals surface area contributed by atoms with E-state index in [2.05, 4.69) is 0 Å². The zero-order valence-electron chi connectivity index (χ0n) is 48.7. The Labute approximate surface area is 333 Å². The van der Waals surface area contributed by atoms with Crippen LogP contribution < -0.4 is 4.90 Å². The summed E-state index contributed by atoms with van der Waals surface area (Å²) in [5, 5.41) is 0.406. The van der Waals surface area contributed by atoms with E-state index in [1.54, 1.807) is 12.1 Å². The van der Waals surface area contributed by atoms with Gasteiger partial charge < -0.3 is 9.32 Å². The van der Waals surface area contributed by atoms with E-state index in [-0.39, 0.29) is 27.2 Å². The molecule has 1 aromatic heterocycles. The van der Waals surface area contributed by atoms with Crippen LogP contribution >= 0.6 is 0 Å². The van der Waals surface area contributed by atoms with E-state index in [4.69, 9.17) is 26.3 Å². The molecule has 52 heavy (non-hydrogen) atoms. The van der Waals surface area contributed by atoms with Crippen molar-refractivity contribution in [3.63, 3.8) is 0 Å². The Morgan fingerprint density at radius 3 is 1.87 bits per heavy atom. The number of hydrogen-bond donors (Lipinski definition) is 0. The predicted molar refractivity (Wildman–Crippen MR) is 220 cm³/mol. The summed E-state index contributed by atoms with van der Waals surface area (Å²) in [5.74, 6) is 0. The number of furan rings is 1. The zero-order valence-corrected chi connectivity index (χ0v) is 26.7. The van der Waals surface area contributed by atoms with Crippen molar-refractivity contribution in [2.45, 2.75) is 0 Å². The Morgan fingerprint density at radius 1 is 0.404 bits per heavy atom. The van der Waals surface area contributed by atoms with Crippen molar-refractivity contribution in [1.82, 2.24) is 0 Å². The Bertz CT molecular complexity index is 4080. The molecule has 244 valence electrons. The van der Waals surface area contributed by atoms with Crippen LogP contribution in [-0.4, -0.2) is 0 Å². The predicted octanol–water partition coefficient (Wildman–Crippen LogP) is 14.4. The lowest BCUT2D eigenvalue weighted by molar-refractivity contribution is 0.672. The number of fused-ring (bicyclic) bond motifs is 6. The van der Waals surface area contributed by atoms with Gasteiger partial charge in [-0.1, -0.05) is 157 Å². The number of benzene rings is 9. The van der Waals surface area contributed by atoms with Crippen molar-refractivity contribution < 1.29 is 34.6 Å². The molecule has 0 amide bonds. The molecule has 0 bridgehead atoms. The van der Waals surface area contributed by atoms with Gasteiger partial charge in [-0.05, 0) is 91.9 Å². The third-order valence-corrected chi connectivity index (χ3v) is 8.64. The summed E-state index contributed by atoms with van der Waals surface area (Å²) in [4.78, 5) is 1.07. The van der Waals surface area contributed by atoms with Gasteiger partial charge in [0.2, 0.25) is 0 Å². The molecule has 0 saturated heterocycles. The summed E-state index contributed by atoms with van der Waals surface area (Å²) in [6, 6.07) is 1.91. The number of anilines is 3. The Hall–Kier alpha value is -6.90. The maximum atomic E-state index is 9.67. The zero-order chi connectivity index (χ0) is 53.6. The Kier molecular flexibility index (Phi) is 3.63. The summed E-state index contributed by atoms with van der Waals surface area (Å²) in [6.07, 6.45) is 0. The lowest BCUT2D eigenvalue weighted by atomic mass is 9.97. The molecule has 0 aliphatic heterocycles. The summed E-state index contributed by atoms with van der Waals surface area (Å²) in [6.45, 7) is 0. The van der Waals surface area contributed by atoms with Crippen molar-refractivity contribution >= 4 is 60.5 Å². The largest absolute Gasteiger partial charge is 0.455 e. The molecule has 0 N–H and O–H groups in total. The molecule has 9 aromatic carbocycles. The molecule has 1 heterocycles. The fourth-order valence-electron chi connectivity index (χ4n) is 6.24. The maximum absolute atomic E-state index is 9.67. The van der Waals surface area contributed by atoms with Crippen LogP contribution in [0.1, 0.15) is 30.2 Å². The van der Waals surface area contributed by atoms with Gasteiger partial charge in [0.1, 0.15) is 11.2 Å². The summed E-state index contributed by atoms with van der Waals surface area (Å²) in [5.41, 5.74) is -3.32. The van der Waals surface area contributed by atoms with Gasteiger partial charge in [0.15, 0.2) is 0 Å². The maximum Gasteiger partial charge on any atom is 0.143 e. The van der Waals surface area contributed by atoms with Crippen molar-refractivity contribution in [3.8, 4) is 33.4 Å². The molecular formula is C50H33NO. The van der Waals surface area contributed by atoms with Crippen LogP contribution in [0.5, 0.6) is 0 Å². The van der Waals surface area contributed by atoms with E-state index in [1.807, 2.05) is 42.5 Å². The van der Waals surface area contributed by atoms with Gasteiger partial charge in [-0.2, -0.15) is 0 Å². The van der Waals surface area contributed by atoms with Gasteiger partial charge >= 0.3 is 0 Å². The topological polar surface area (TPSA) is 16.4 Å². The molecule has 0 saturated carbocycles. The fourth-order valence-corrected chi connectivity index (χ4v) is 6.24. The van der Waals surface area contributed by atoms with Crippen LogP contribution in [0.2, 0.25) is 0 Å². The lowest BCUT2D eigenvalue weighted by Crippen LogP contribution is -2.10. The summed E-state index contributed by atoms with van der Waals surface area (Å²) >= 11 is 0. The van der Waals surface area contributed by atoms with E-state index in [0.29, 0.717) is 5.56 Å². The van der Waals surface area contributed by atoms with Crippen molar-refractivity contribution in [2.75, 3.05) is 4.90 Å². The molecule has 0 spiro atoms. The van der Waals surface area contributed by atoms with Crippen LogP contribution in [-0.2, 0) is 0 Å². The van der Waals surface area contributed by atoms with E-state index in [1.165, 1.54) is 12.1 Å². The number of hydrogen-bond acceptors (Lipinski definition) is 2. The minimum atomic E-state index is -0.938. The molecule has 0 radical (unpaired) electrons. The van der Waals surface area contributed by atoms with Crippen LogP contribution in [0, 0.1) is 0 Å². The monoisotopic (exact) mass is 685 g/mol. The van der Waals surface area contributed by atoms with Gasteiger partial charge in [-0.15, -0.1) is 0 Å². The van der Waals surface area contributed by atoms with Crippen LogP contribution in [0.25, 0.3) is 76.9 Å².